The Morgan fingerprint density at radius 1 is 1.13 bits per heavy atom. The number of aryl methyl sites for hydroxylation is 2. The molecule has 0 radical (unpaired) electrons. The Bertz CT molecular complexity index is 1150. The Hall–Kier alpha value is -3.87. The molecule has 0 saturated carbocycles. The van der Waals surface area contributed by atoms with Crippen molar-refractivity contribution in [3.05, 3.63) is 95.1 Å². The lowest BCUT2D eigenvalue weighted by atomic mass is 10.1. The molecule has 7 nitrogen and oxygen atoms in total. The molecule has 0 fully saturated rings. The van der Waals surface area contributed by atoms with Gasteiger partial charge in [-0.1, -0.05) is 35.5 Å². The number of carbonyl (C=O) groups excluding carboxylic acids is 1. The standard InChI is InChI=1S/C23H22N4O3/c1-16-7-3-4-10-21(16)29-15-20-17(2)30-26-22(20)23(28)25-19-9-5-8-18(13-19)14-27-12-6-11-24-27/h3-13H,14-15H2,1-2H3,(H,25,28). The van der Waals surface area contributed by atoms with E-state index >= 15 is 0 Å². The van der Waals surface area contributed by atoms with Gasteiger partial charge in [0, 0.05) is 18.1 Å². The van der Waals surface area contributed by atoms with E-state index in [1.807, 2.05) is 72.4 Å². The van der Waals surface area contributed by atoms with E-state index in [0.717, 1.165) is 16.9 Å². The van der Waals surface area contributed by atoms with Crippen molar-refractivity contribution in [3.8, 4) is 5.75 Å². The summed E-state index contributed by atoms with van der Waals surface area (Å²) in [5.41, 5.74) is 3.57. The van der Waals surface area contributed by atoms with Crippen LogP contribution < -0.4 is 10.1 Å². The SMILES string of the molecule is Cc1ccccc1OCc1c(C(=O)Nc2cccc(Cn3cccn3)c2)noc1C. The number of benzene rings is 2. The van der Waals surface area contributed by atoms with E-state index in [1.54, 1.807) is 13.1 Å². The number of rotatable bonds is 7. The van der Waals surface area contributed by atoms with Crippen LogP contribution >= 0.6 is 0 Å². The Kier molecular flexibility index (Phi) is 5.61. The topological polar surface area (TPSA) is 82.2 Å². The van der Waals surface area contributed by atoms with Crippen molar-refractivity contribution in [2.75, 3.05) is 5.32 Å². The van der Waals surface area contributed by atoms with Crippen LogP contribution in [-0.2, 0) is 13.2 Å². The van der Waals surface area contributed by atoms with Crippen LogP contribution in [-0.4, -0.2) is 20.8 Å². The fraction of sp³-hybridized carbons (Fsp3) is 0.174. The first-order valence-electron chi connectivity index (χ1n) is 9.61. The Morgan fingerprint density at radius 3 is 2.80 bits per heavy atom. The fourth-order valence-electron chi connectivity index (χ4n) is 3.13. The fourth-order valence-corrected chi connectivity index (χ4v) is 3.13. The van der Waals surface area contributed by atoms with Crippen LogP contribution in [0.25, 0.3) is 0 Å². The molecule has 7 heteroatoms. The minimum atomic E-state index is -0.341. The molecule has 2 heterocycles. The molecule has 1 amide bonds. The van der Waals surface area contributed by atoms with Gasteiger partial charge in [-0.3, -0.25) is 9.48 Å². The second-order valence-electron chi connectivity index (χ2n) is 6.98. The summed E-state index contributed by atoms with van der Waals surface area (Å²) in [4.78, 5) is 12.8. The maximum atomic E-state index is 12.8. The first kappa shape index (κ1) is 19.4. The van der Waals surface area contributed by atoms with Gasteiger partial charge < -0.3 is 14.6 Å². The molecule has 0 aliphatic rings. The van der Waals surface area contributed by atoms with E-state index in [0.29, 0.717) is 23.6 Å². The van der Waals surface area contributed by atoms with Gasteiger partial charge >= 0.3 is 0 Å². The summed E-state index contributed by atoms with van der Waals surface area (Å²) in [6.07, 6.45) is 3.63. The molecule has 0 aliphatic heterocycles. The second-order valence-corrected chi connectivity index (χ2v) is 6.98. The molecule has 2 aromatic heterocycles. The van der Waals surface area contributed by atoms with E-state index in [2.05, 4.69) is 15.6 Å². The molecule has 0 unspecified atom stereocenters. The summed E-state index contributed by atoms with van der Waals surface area (Å²) < 4.78 is 13.0. The van der Waals surface area contributed by atoms with Crippen molar-refractivity contribution in [2.24, 2.45) is 0 Å². The van der Waals surface area contributed by atoms with Crippen LogP contribution in [0.2, 0.25) is 0 Å². The molecule has 2 aromatic carbocycles. The van der Waals surface area contributed by atoms with E-state index in [4.69, 9.17) is 9.26 Å². The number of anilines is 1. The average molecular weight is 402 g/mol. The summed E-state index contributed by atoms with van der Waals surface area (Å²) >= 11 is 0. The lowest BCUT2D eigenvalue weighted by molar-refractivity contribution is 0.101. The molecule has 0 bridgehead atoms. The lowest BCUT2D eigenvalue weighted by Crippen LogP contribution is -2.15. The average Bonchev–Trinajstić information content (AvgIpc) is 3.37. The molecule has 4 rings (SSSR count). The molecular weight excluding hydrogens is 380 g/mol. The van der Waals surface area contributed by atoms with Crippen LogP contribution in [0.3, 0.4) is 0 Å². The largest absolute Gasteiger partial charge is 0.488 e. The van der Waals surface area contributed by atoms with Crippen LogP contribution in [0.1, 0.15) is 32.9 Å². The number of carbonyl (C=O) groups is 1. The van der Waals surface area contributed by atoms with Crippen LogP contribution in [0.5, 0.6) is 5.75 Å². The smallest absolute Gasteiger partial charge is 0.278 e. The summed E-state index contributed by atoms with van der Waals surface area (Å²) in [5.74, 6) is 0.975. The number of aromatic nitrogens is 3. The highest BCUT2D eigenvalue weighted by Crippen LogP contribution is 2.22. The third kappa shape index (κ3) is 4.41. The predicted octanol–water partition coefficient (Wildman–Crippen LogP) is 4.37. The zero-order valence-corrected chi connectivity index (χ0v) is 16.8. The molecule has 152 valence electrons. The molecule has 30 heavy (non-hydrogen) atoms. The van der Waals surface area contributed by atoms with E-state index in [-0.39, 0.29) is 18.2 Å². The predicted molar refractivity (Wildman–Crippen MR) is 112 cm³/mol. The molecule has 0 aliphatic carbocycles. The van der Waals surface area contributed by atoms with Gasteiger partial charge in [-0.05, 0) is 49.2 Å². The lowest BCUT2D eigenvalue weighted by Gasteiger charge is -2.10. The Balaban J connectivity index is 1.47. The Labute approximate surface area is 174 Å². The summed E-state index contributed by atoms with van der Waals surface area (Å²) in [6.45, 7) is 4.56. The van der Waals surface area contributed by atoms with E-state index in [9.17, 15) is 4.79 Å². The zero-order chi connectivity index (χ0) is 20.9. The van der Waals surface area contributed by atoms with Crippen molar-refractivity contribution >= 4 is 11.6 Å². The van der Waals surface area contributed by atoms with Gasteiger partial charge in [-0.15, -0.1) is 0 Å². The monoisotopic (exact) mass is 402 g/mol. The maximum absolute atomic E-state index is 12.8. The molecular formula is C23H22N4O3. The number of hydrogen-bond acceptors (Lipinski definition) is 5. The van der Waals surface area contributed by atoms with Crippen molar-refractivity contribution < 1.29 is 14.1 Å². The van der Waals surface area contributed by atoms with Gasteiger partial charge in [-0.2, -0.15) is 5.10 Å². The summed E-state index contributed by atoms with van der Waals surface area (Å²) in [6, 6.07) is 17.2. The highest BCUT2D eigenvalue weighted by Gasteiger charge is 2.21. The van der Waals surface area contributed by atoms with E-state index in [1.165, 1.54) is 0 Å². The minimum absolute atomic E-state index is 0.197. The number of hydrogen-bond donors (Lipinski definition) is 1. The van der Waals surface area contributed by atoms with Gasteiger partial charge in [0.15, 0.2) is 5.69 Å². The van der Waals surface area contributed by atoms with Gasteiger partial charge in [0.25, 0.3) is 5.91 Å². The zero-order valence-electron chi connectivity index (χ0n) is 16.8. The molecule has 0 saturated heterocycles. The highest BCUT2D eigenvalue weighted by molar-refractivity contribution is 6.03. The number of nitrogens with zero attached hydrogens (tertiary/aromatic N) is 3. The van der Waals surface area contributed by atoms with Gasteiger partial charge in [0.2, 0.25) is 0 Å². The van der Waals surface area contributed by atoms with Gasteiger partial charge in [-0.25, -0.2) is 0 Å². The number of para-hydroxylation sites is 1. The first-order chi connectivity index (χ1) is 14.6. The van der Waals surface area contributed by atoms with Crippen LogP contribution in [0, 0.1) is 13.8 Å². The van der Waals surface area contributed by atoms with Crippen molar-refractivity contribution in [1.29, 1.82) is 0 Å². The molecule has 0 spiro atoms. The second kappa shape index (κ2) is 8.65. The van der Waals surface area contributed by atoms with Gasteiger partial charge in [0.1, 0.15) is 18.1 Å². The number of ether oxygens (including phenoxy) is 1. The van der Waals surface area contributed by atoms with Gasteiger partial charge in [0.05, 0.1) is 12.1 Å². The first-order valence-corrected chi connectivity index (χ1v) is 9.61. The quantitative estimate of drug-likeness (QED) is 0.496. The highest BCUT2D eigenvalue weighted by atomic mass is 16.5. The minimum Gasteiger partial charge on any atom is -0.488 e. The third-order valence-electron chi connectivity index (χ3n) is 4.75. The van der Waals surface area contributed by atoms with Crippen molar-refractivity contribution in [3.63, 3.8) is 0 Å². The van der Waals surface area contributed by atoms with Crippen molar-refractivity contribution in [1.82, 2.24) is 14.9 Å². The number of nitrogens with one attached hydrogen (secondary N) is 1. The Morgan fingerprint density at radius 2 is 2.00 bits per heavy atom. The maximum Gasteiger partial charge on any atom is 0.278 e. The van der Waals surface area contributed by atoms with Crippen LogP contribution in [0.4, 0.5) is 5.69 Å². The molecule has 0 atom stereocenters. The summed E-state index contributed by atoms with van der Waals surface area (Å²) in [5, 5.41) is 11.1. The number of amides is 1. The van der Waals surface area contributed by atoms with Crippen molar-refractivity contribution in [2.45, 2.75) is 27.0 Å². The van der Waals surface area contributed by atoms with E-state index < -0.39 is 0 Å². The normalized spacial score (nSPS) is 10.7. The van der Waals surface area contributed by atoms with Crippen LogP contribution in [0.15, 0.2) is 71.5 Å². The third-order valence-corrected chi connectivity index (χ3v) is 4.75. The summed E-state index contributed by atoms with van der Waals surface area (Å²) in [7, 11) is 0. The molecule has 4 aromatic rings. The molecule has 1 N–H and O–H groups in total.